The first-order valence-corrected chi connectivity index (χ1v) is 3.76. The summed E-state index contributed by atoms with van der Waals surface area (Å²) in [5.41, 5.74) is 5.93. The largest absolute Gasteiger partial charge is 0.475 e. The molecular weight excluding hydrogens is 171 g/mol. The van der Waals surface area contributed by atoms with Crippen LogP contribution in [0.1, 0.15) is 5.56 Å². The Hall–Kier alpha value is -1.60. The highest BCUT2D eigenvalue weighted by Gasteiger charge is 2.07. The minimum Gasteiger partial charge on any atom is -0.475 e. The van der Waals surface area contributed by atoms with E-state index >= 15 is 0 Å². The lowest BCUT2D eigenvalue weighted by atomic mass is 10.2. The smallest absolute Gasteiger partial charge is 0.174 e. The molecule has 0 atom stereocenters. The lowest BCUT2D eigenvalue weighted by Gasteiger charge is -2.07. The number of para-hydroxylation sites is 1. The van der Waals surface area contributed by atoms with Gasteiger partial charge in [0.15, 0.2) is 18.2 Å². The average molecular weight is 180 g/mol. The quantitative estimate of drug-likeness (QED) is 0.759. The van der Waals surface area contributed by atoms with E-state index in [0.29, 0.717) is 5.56 Å². The van der Waals surface area contributed by atoms with Crippen LogP contribution in [-0.4, -0.2) is 6.61 Å². The van der Waals surface area contributed by atoms with E-state index < -0.39 is 5.82 Å². The van der Waals surface area contributed by atoms with Gasteiger partial charge in [0.05, 0.1) is 0 Å². The maximum absolute atomic E-state index is 13.1. The fraction of sp³-hybridized carbons (Fsp3) is 0.222. The van der Waals surface area contributed by atoms with E-state index in [9.17, 15) is 4.39 Å². The van der Waals surface area contributed by atoms with Gasteiger partial charge in [0.25, 0.3) is 0 Å². The molecule has 0 spiro atoms. The van der Waals surface area contributed by atoms with E-state index in [4.69, 9.17) is 15.7 Å². The van der Waals surface area contributed by atoms with Crippen LogP contribution in [0, 0.1) is 17.1 Å². The minimum absolute atomic E-state index is 0.0755. The first-order valence-electron chi connectivity index (χ1n) is 3.76. The lowest BCUT2D eigenvalue weighted by Crippen LogP contribution is -2.04. The molecule has 1 rings (SSSR count). The third kappa shape index (κ3) is 2.17. The van der Waals surface area contributed by atoms with Gasteiger partial charge in [0.1, 0.15) is 6.07 Å². The molecule has 0 radical (unpaired) electrons. The molecule has 68 valence electrons. The molecule has 0 saturated carbocycles. The van der Waals surface area contributed by atoms with E-state index in [-0.39, 0.29) is 18.9 Å². The van der Waals surface area contributed by atoms with Gasteiger partial charge in [-0.2, -0.15) is 5.26 Å². The molecule has 0 fully saturated rings. The van der Waals surface area contributed by atoms with Gasteiger partial charge in [-0.1, -0.05) is 12.1 Å². The Balaban J connectivity index is 2.95. The Kier molecular flexibility index (Phi) is 3.23. The van der Waals surface area contributed by atoms with Crippen molar-refractivity contribution >= 4 is 0 Å². The van der Waals surface area contributed by atoms with Crippen molar-refractivity contribution in [3.05, 3.63) is 29.6 Å². The van der Waals surface area contributed by atoms with E-state index in [1.807, 2.05) is 0 Å². The second-order valence-corrected chi connectivity index (χ2v) is 2.38. The minimum atomic E-state index is -0.488. The third-order valence-corrected chi connectivity index (χ3v) is 1.55. The van der Waals surface area contributed by atoms with Crippen molar-refractivity contribution in [2.45, 2.75) is 6.54 Å². The molecule has 3 nitrogen and oxygen atoms in total. The molecule has 0 aliphatic rings. The topological polar surface area (TPSA) is 59.0 Å². The number of halogens is 1. The summed E-state index contributed by atoms with van der Waals surface area (Å²) >= 11 is 0. The summed E-state index contributed by atoms with van der Waals surface area (Å²) in [5.74, 6) is -0.412. The summed E-state index contributed by atoms with van der Waals surface area (Å²) in [6.45, 7) is 0.0203. The lowest BCUT2D eigenvalue weighted by molar-refractivity contribution is 0.342. The van der Waals surface area contributed by atoms with Crippen molar-refractivity contribution < 1.29 is 9.13 Å². The van der Waals surface area contributed by atoms with Crippen molar-refractivity contribution in [1.29, 1.82) is 5.26 Å². The highest BCUT2D eigenvalue weighted by atomic mass is 19.1. The number of rotatable bonds is 3. The van der Waals surface area contributed by atoms with Crippen molar-refractivity contribution in [3.8, 4) is 11.8 Å². The van der Waals surface area contributed by atoms with Gasteiger partial charge in [-0.3, -0.25) is 0 Å². The van der Waals surface area contributed by atoms with Crippen LogP contribution in [0.3, 0.4) is 0 Å². The van der Waals surface area contributed by atoms with Gasteiger partial charge in [-0.05, 0) is 6.07 Å². The maximum Gasteiger partial charge on any atom is 0.174 e. The molecule has 0 amide bonds. The van der Waals surface area contributed by atoms with Crippen LogP contribution in [-0.2, 0) is 6.54 Å². The Morgan fingerprint density at radius 2 is 2.31 bits per heavy atom. The van der Waals surface area contributed by atoms with Gasteiger partial charge in [-0.15, -0.1) is 0 Å². The molecule has 0 aliphatic heterocycles. The number of nitriles is 1. The number of hydrogen-bond donors (Lipinski definition) is 1. The molecule has 0 unspecified atom stereocenters. The van der Waals surface area contributed by atoms with Crippen LogP contribution in [0.5, 0.6) is 5.75 Å². The highest BCUT2D eigenvalue weighted by molar-refractivity contribution is 5.34. The Morgan fingerprint density at radius 3 is 2.92 bits per heavy atom. The monoisotopic (exact) mass is 180 g/mol. The van der Waals surface area contributed by atoms with E-state index in [2.05, 4.69) is 0 Å². The zero-order valence-electron chi connectivity index (χ0n) is 6.96. The molecule has 1 aromatic rings. The fourth-order valence-electron chi connectivity index (χ4n) is 0.980. The summed E-state index contributed by atoms with van der Waals surface area (Å²) in [5, 5.41) is 8.25. The SMILES string of the molecule is N#CCOc1c(F)cccc1CN. The Labute approximate surface area is 75.5 Å². The molecule has 4 heteroatoms. The maximum atomic E-state index is 13.1. The number of benzene rings is 1. The summed E-state index contributed by atoms with van der Waals surface area (Å²) in [4.78, 5) is 0. The summed E-state index contributed by atoms with van der Waals surface area (Å²) in [6, 6.07) is 6.25. The first-order chi connectivity index (χ1) is 6.29. The average Bonchev–Trinajstić information content (AvgIpc) is 2.15. The molecule has 0 heterocycles. The molecule has 0 aromatic heterocycles. The van der Waals surface area contributed by atoms with E-state index in [1.54, 1.807) is 18.2 Å². The second kappa shape index (κ2) is 4.43. The first kappa shape index (κ1) is 9.49. The zero-order chi connectivity index (χ0) is 9.68. The molecule has 2 N–H and O–H groups in total. The van der Waals surface area contributed by atoms with Gasteiger partial charge >= 0.3 is 0 Å². The molecule has 0 bridgehead atoms. The van der Waals surface area contributed by atoms with Crippen LogP contribution in [0.25, 0.3) is 0 Å². The second-order valence-electron chi connectivity index (χ2n) is 2.38. The van der Waals surface area contributed by atoms with Crippen LogP contribution in [0.15, 0.2) is 18.2 Å². The van der Waals surface area contributed by atoms with Gasteiger partial charge in [-0.25, -0.2) is 4.39 Å². The van der Waals surface area contributed by atoms with Gasteiger partial charge in [0, 0.05) is 12.1 Å². The molecule has 13 heavy (non-hydrogen) atoms. The molecule has 0 aliphatic carbocycles. The van der Waals surface area contributed by atoms with Crippen molar-refractivity contribution in [1.82, 2.24) is 0 Å². The van der Waals surface area contributed by atoms with Crippen LogP contribution in [0.4, 0.5) is 4.39 Å². The summed E-state index contributed by atoms with van der Waals surface area (Å²) in [6.07, 6.45) is 0. The van der Waals surface area contributed by atoms with Crippen LogP contribution < -0.4 is 10.5 Å². The molecule has 1 aromatic carbocycles. The van der Waals surface area contributed by atoms with E-state index in [1.165, 1.54) is 6.07 Å². The van der Waals surface area contributed by atoms with Crippen molar-refractivity contribution in [3.63, 3.8) is 0 Å². The van der Waals surface area contributed by atoms with Gasteiger partial charge < -0.3 is 10.5 Å². The summed E-state index contributed by atoms with van der Waals surface area (Å²) in [7, 11) is 0. The summed E-state index contributed by atoms with van der Waals surface area (Å²) < 4.78 is 18.0. The van der Waals surface area contributed by atoms with E-state index in [0.717, 1.165) is 0 Å². The van der Waals surface area contributed by atoms with Crippen LogP contribution in [0.2, 0.25) is 0 Å². The van der Waals surface area contributed by atoms with Crippen molar-refractivity contribution in [2.24, 2.45) is 5.73 Å². The number of nitrogens with two attached hydrogens (primary N) is 1. The third-order valence-electron chi connectivity index (χ3n) is 1.55. The highest BCUT2D eigenvalue weighted by Crippen LogP contribution is 2.21. The number of ether oxygens (including phenoxy) is 1. The zero-order valence-corrected chi connectivity index (χ0v) is 6.96. The fourth-order valence-corrected chi connectivity index (χ4v) is 0.980. The normalized spacial score (nSPS) is 9.31. The predicted molar refractivity (Wildman–Crippen MR) is 45.4 cm³/mol. The molecule has 0 saturated heterocycles. The number of hydrogen-bond acceptors (Lipinski definition) is 3. The van der Waals surface area contributed by atoms with Crippen LogP contribution >= 0.6 is 0 Å². The van der Waals surface area contributed by atoms with Crippen molar-refractivity contribution in [2.75, 3.05) is 6.61 Å². The standard InChI is InChI=1S/C9H9FN2O/c10-8-3-1-2-7(6-12)9(8)13-5-4-11/h1-3H,5-6,12H2. The van der Waals surface area contributed by atoms with Gasteiger partial charge in [0.2, 0.25) is 0 Å². The predicted octanol–water partition coefficient (Wildman–Crippen LogP) is 1.19. The number of nitrogens with zero attached hydrogens (tertiary/aromatic N) is 1. The molecular formula is C9H9FN2O. The Bertz CT molecular complexity index is 333. The Morgan fingerprint density at radius 1 is 1.54 bits per heavy atom.